The number of thiazole rings is 1. The second-order valence-corrected chi connectivity index (χ2v) is 4.16. The summed E-state index contributed by atoms with van der Waals surface area (Å²) < 4.78 is 0. The lowest BCUT2D eigenvalue weighted by Crippen LogP contribution is -2.11. The molecule has 1 N–H and O–H groups in total. The molecule has 0 bridgehead atoms. The third-order valence-electron chi connectivity index (χ3n) is 1.89. The van der Waals surface area contributed by atoms with Crippen molar-refractivity contribution in [3.8, 4) is 0 Å². The van der Waals surface area contributed by atoms with Crippen molar-refractivity contribution in [2.75, 3.05) is 7.05 Å². The summed E-state index contributed by atoms with van der Waals surface area (Å²) in [4.78, 5) is 4.43. The van der Waals surface area contributed by atoms with Crippen molar-refractivity contribution in [1.82, 2.24) is 10.0 Å². The number of hydroxylamine groups is 2. The zero-order valence-corrected chi connectivity index (χ0v) is 7.84. The summed E-state index contributed by atoms with van der Waals surface area (Å²) in [5.74, 6) is 0.729. The van der Waals surface area contributed by atoms with Crippen molar-refractivity contribution >= 4 is 11.3 Å². The van der Waals surface area contributed by atoms with Crippen molar-refractivity contribution in [3.05, 3.63) is 16.1 Å². The Labute approximate surface area is 75.6 Å². The van der Waals surface area contributed by atoms with E-state index in [0.717, 1.165) is 16.7 Å². The van der Waals surface area contributed by atoms with Gasteiger partial charge in [0.1, 0.15) is 0 Å². The smallest absolute Gasteiger partial charge is 0.0959 e. The van der Waals surface area contributed by atoms with E-state index in [1.165, 1.54) is 17.8 Å². The van der Waals surface area contributed by atoms with Crippen LogP contribution in [0.25, 0.3) is 0 Å². The number of rotatable bonds is 3. The van der Waals surface area contributed by atoms with Gasteiger partial charge in [0, 0.05) is 18.3 Å². The van der Waals surface area contributed by atoms with Gasteiger partial charge in [-0.1, -0.05) is 0 Å². The van der Waals surface area contributed by atoms with Gasteiger partial charge in [-0.2, -0.15) is 5.06 Å². The Hall–Kier alpha value is -0.450. The maximum atomic E-state index is 8.97. The first-order valence-corrected chi connectivity index (χ1v) is 4.98. The van der Waals surface area contributed by atoms with Crippen LogP contribution < -0.4 is 0 Å². The monoisotopic (exact) mass is 184 g/mol. The Bertz CT molecular complexity index is 268. The van der Waals surface area contributed by atoms with Crippen LogP contribution in [0.1, 0.15) is 29.5 Å². The Morgan fingerprint density at radius 3 is 3.08 bits per heavy atom. The van der Waals surface area contributed by atoms with Crippen LogP contribution in [0.2, 0.25) is 0 Å². The predicted octanol–water partition coefficient (Wildman–Crippen LogP) is 1.84. The van der Waals surface area contributed by atoms with Crippen LogP contribution in [0.4, 0.5) is 0 Å². The molecule has 66 valence electrons. The normalized spacial score (nSPS) is 17.2. The molecule has 0 atom stereocenters. The summed E-state index contributed by atoms with van der Waals surface area (Å²) in [5, 5.41) is 13.4. The SMILES string of the molecule is CN(O)Cc1csc(C2CC2)n1. The zero-order chi connectivity index (χ0) is 8.55. The molecule has 0 unspecified atom stereocenters. The average molecular weight is 184 g/mol. The molecule has 0 spiro atoms. The zero-order valence-electron chi connectivity index (χ0n) is 7.03. The Kier molecular flexibility index (Phi) is 2.12. The molecule has 1 aliphatic carbocycles. The maximum Gasteiger partial charge on any atom is 0.0959 e. The van der Waals surface area contributed by atoms with Gasteiger partial charge >= 0.3 is 0 Å². The molecule has 1 aromatic heterocycles. The summed E-state index contributed by atoms with van der Waals surface area (Å²) in [7, 11) is 1.64. The molecule has 1 heterocycles. The molecule has 0 amide bonds. The number of aromatic nitrogens is 1. The van der Waals surface area contributed by atoms with E-state index in [-0.39, 0.29) is 0 Å². The third kappa shape index (κ3) is 1.83. The predicted molar refractivity (Wildman–Crippen MR) is 47.3 cm³/mol. The van der Waals surface area contributed by atoms with E-state index in [2.05, 4.69) is 4.98 Å². The minimum Gasteiger partial charge on any atom is -0.314 e. The number of nitrogens with zero attached hydrogens (tertiary/aromatic N) is 2. The van der Waals surface area contributed by atoms with Gasteiger partial charge in [-0.15, -0.1) is 11.3 Å². The molecular formula is C8H12N2OS. The van der Waals surface area contributed by atoms with E-state index < -0.39 is 0 Å². The highest BCUT2D eigenvalue weighted by atomic mass is 32.1. The molecule has 0 aliphatic heterocycles. The van der Waals surface area contributed by atoms with Gasteiger partial charge in [0.05, 0.1) is 17.2 Å². The largest absolute Gasteiger partial charge is 0.314 e. The van der Waals surface area contributed by atoms with Gasteiger partial charge in [-0.05, 0) is 12.8 Å². The lowest BCUT2D eigenvalue weighted by Gasteiger charge is -2.03. The second-order valence-electron chi connectivity index (χ2n) is 3.27. The van der Waals surface area contributed by atoms with Crippen molar-refractivity contribution in [1.29, 1.82) is 0 Å². The van der Waals surface area contributed by atoms with Crippen molar-refractivity contribution in [2.45, 2.75) is 25.3 Å². The molecule has 0 saturated heterocycles. The molecule has 0 radical (unpaired) electrons. The van der Waals surface area contributed by atoms with Crippen molar-refractivity contribution < 1.29 is 5.21 Å². The summed E-state index contributed by atoms with van der Waals surface area (Å²) in [6.07, 6.45) is 2.59. The fourth-order valence-electron chi connectivity index (χ4n) is 1.15. The van der Waals surface area contributed by atoms with Crippen LogP contribution in [0.3, 0.4) is 0 Å². The van der Waals surface area contributed by atoms with Crippen LogP contribution in [0.5, 0.6) is 0 Å². The minimum absolute atomic E-state index is 0.531. The topological polar surface area (TPSA) is 36.4 Å². The first-order chi connectivity index (χ1) is 5.75. The molecule has 3 nitrogen and oxygen atoms in total. The lowest BCUT2D eigenvalue weighted by molar-refractivity contribution is -0.0739. The first-order valence-electron chi connectivity index (χ1n) is 4.10. The number of hydrogen-bond acceptors (Lipinski definition) is 4. The van der Waals surface area contributed by atoms with Gasteiger partial charge in [0.25, 0.3) is 0 Å². The Morgan fingerprint density at radius 1 is 1.75 bits per heavy atom. The van der Waals surface area contributed by atoms with E-state index in [4.69, 9.17) is 5.21 Å². The second kappa shape index (κ2) is 3.12. The molecular weight excluding hydrogens is 172 g/mol. The van der Waals surface area contributed by atoms with Crippen molar-refractivity contribution in [3.63, 3.8) is 0 Å². The van der Waals surface area contributed by atoms with Crippen LogP contribution in [0.15, 0.2) is 5.38 Å². The van der Waals surface area contributed by atoms with Gasteiger partial charge in [-0.25, -0.2) is 4.98 Å². The van der Waals surface area contributed by atoms with Crippen LogP contribution in [-0.2, 0) is 6.54 Å². The summed E-state index contributed by atoms with van der Waals surface area (Å²) >= 11 is 1.71. The van der Waals surface area contributed by atoms with E-state index in [9.17, 15) is 0 Å². The molecule has 1 aromatic rings. The molecule has 1 aliphatic rings. The minimum atomic E-state index is 0.531. The highest BCUT2D eigenvalue weighted by molar-refractivity contribution is 7.09. The van der Waals surface area contributed by atoms with Gasteiger partial charge < -0.3 is 5.21 Å². The Morgan fingerprint density at radius 2 is 2.50 bits per heavy atom. The highest BCUT2D eigenvalue weighted by Crippen LogP contribution is 2.41. The van der Waals surface area contributed by atoms with Gasteiger partial charge in [-0.3, -0.25) is 0 Å². The fourth-order valence-corrected chi connectivity index (χ4v) is 2.13. The fraction of sp³-hybridized carbons (Fsp3) is 0.625. The molecule has 2 rings (SSSR count). The standard InChI is InChI=1S/C8H12N2OS/c1-10(11)4-7-5-12-8(9-7)6-2-3-6/h5-6,11H,2-4H2,1H3. The molecule has 4 heteroatoms. The van der Waals surface area contributed by atoms with Gasteiger partial charge in [0.2, 0.25) is 0 Å². The third-order valence-corrected chi connectivity index (χ3v) is 2.94. The molecule has 1 fully saturated rings. The van der Waals surface area contributed by atoms with Crippen LogP contribution in [-0.4, -0.2) is 22.3 Å². The number of hydrogen-bond donors (Lipinski definition) is 1. The average Bonchev–Trinajstić information content (AvgIpc) is 2.73. The quantitative estimate of drug-likeness (QED) is 0.728. The van der Waals surface area contributed by atoms with E-state index in [1.807, 2.05) is 5.38 Å². The van der Waals surface area contributed by atoms with E-state index >= 15 is 0 Å². The van der Waals surface area contributed by atoms with Gasteiger partial charge in [0.15, 0.2) is 0 Å². The summed E-state index contributed by atoms with van der Waals surface area (Å²) in [6.45, 7) is 0.531. The molecule has 1 saturated carbocycles. The Balaban J connectivity index is 2.03. The first kappa shape index (κ1) is 8.16. The molecule has 0 aromatic carbocycles. The van der Waals surface area contributed by atoms with E-state index in [0.29, 0.717) is 6.54 Å². The van der Waals surface area contributed by atoms with Crippen molar-refractivity contribution in [2.24, 2.45) is 0 Å². The van der Waals surface area contributed by atoms with E-state index in [1.54, 1.807) is 18.4 Å². The molecule has 12 heavy (non-hydrogen) atoms. The highest BCUT2D eigenvalue weighted by Gasteiger charge is 2.26. The maximum absolute atomic E-state index is 8.97. The summed E-state index contributed by atoms with van der Waals surface area (Å²) in [6, 6.07) is 0. The lowest BCUT2D eigenvalue weighted by atomic mass is 10.4. The van der Waals surface area contributed by atoms with Crippen LogP contribution in [0, 0.1) is 0 Å². The van der Waals surface area contributed by atoms with Crippen LogP contribution >= 0.6 is 11.3 Å². The summed E-state index contributed by atoms with van der Waals surface area (Å²) in [5.41, 5.74) is 0.979.